The van der Waals surface area contributed by atoms with E-state index >= 15 is 0 Å². The van der Waals surface area contributed by atoms with E-state index in [1.807, 2.05) is 28.8 Å². The minimum atomic E-state index is -0.384. The first-order valence-electron chi connectivity index (χ1n) is 9.95. The molecule has 1 N–H and O–H groups in total. The number of amides is 2. The molecule has 1 fully saturated rings. The normalized spacial score (nSPS) is 14.1. The number of nitrogens with one attached hydrogen (secondary N) is 1. The monoisotopic (exact) mass is 410 g/mol. The van der Waals surface area contributed by atoms with Gasteiger partial charge in [0.2, 0.25) is 5.91 Å². The SMILES string of the molecule is O=C(NCCc1nc2ccccc2n1CC(=O)N1CCOCC1)c1ccc(F)cc1. The molecule has 1 saturated heterocycles. The molecule has 30 heavy (non-hydrogen) atoms. The molecule has 1 aromatic heterocycles. The molecule has 156 valence electrons. The second-order valence-electron chi connectivity index (χ2n) is 7.11. The molecule has 0 aliphatic carbocycles. The number of halogens is 1. The van der Waals surface area contributed by atoms with Crippen LogP contribution in [0.3, 0.4) is 0 Å². The lowest BCUT2D eigenvalue weighted by molar-refractivity contribution is -0.135. The number of aromatic nitrogens is 2. The molecule has 1 aliphatic heterocycles. The number of morpholine rings is 1. The molecule has 0 unspecified atom stereocenters. The fraction of sp³-hybridized carbons (Fsp3) is 0.318. The third-order valence-corrected chi connectivity index (χ3v) is 5.13. The molecule has 0 bridgehead atoms. The van der Waals surface area contributed by atoms with Crippen molar-refractivity contribution in [2.24, 2.45) is 0 Å². The number of ether oxygens (including phenoxy) is 1. The van der Waals surface area contributed by atoms with Gasteiger partial charge in [-0.05, 0) is 36.4 Å². The zero-order valence-electron chi connectivity index (χ0n) is 16.5. The van der Waals surface area contributed by atoms with E-state index in [0.29, 0.717) is 44.8 Å². The summed E-state index contributed by atoms with van der Waals surface area (Å²) in [5.74, 6) is 0.0996. The van der Waals surface area contributed by atoms with Crippen molar-refractivity contribution in [3.8, 4) is 0 Å². The van der Waals surface area contributed by atoms with Gasteiger partial charge in [0.1, 0.15) is 18.2 Å². The van der Waals surface area contributed by atoms with Crippen LogP contribution in [-0.4, -0.2) is 59.1 Å². The molecule has 2 amide bonds. The molecule has 2 heterocycles. The van der Waals surface area contributed by atoms with Gasteiger partial charge in [-0.15, -0.1) is 0 Å². The minimum absolute atomic E-state index is 0.0260. The Bertz CT molecular complexity index is 1040. The predicted molar refractivity (Wildman–Crippen MR) is 110 cm³/mol. The summed E-state index contributed by atoms with van der Waals surface area (Å²) in [5.41, 5.74) is 2.10. The highest BCUT2D eigenvalue weighted by atomic mass is 19.1. The number of carbonyl (C=O) groups excluding carboxylic acids is 2. The number of imidazole rings is 1. The summed E-state index contributed by atoms with van der Waals surface area (Å²) in [4.78, 5) is 31.5. The van der Waals surface area contributed by atoms with Crippen molar-refractivity contribution in [3.05, 3.63) is 65.7 Å². The second kappa shape index (κ2) is 9.04. The molecule has 2 aromatic carbocycles. The second-order valence-corrected chi connectivity index (χ2v) is 7.11. The Morgan fingerprint density at radius 2 is 1.80 bits per heavy atom. The van der Waals surface area contributed by atoms with Gasteiger partial charge in [-0.3, -0.25) is 9.59 Å². The summed E-state index contributed by atoms with van der Waals surface area (Å²) in [5, 5.41) is 2.83. The molecule has 4 rings (SSSR count). The first-order chi connectivity index (χ1) is 14.6. The summed E-state index contributed by atoms with van der Waals surface area (Å²) in [6, 6.07) is 13.1. The van der Waals surface area contributed by atoms with Gasteiger partial charge in [-0.2, -0.15) is 0 Å². The average Bonchev–Trinajstić information content (AvgIpc) is 3.12. The number of para-hydroxylation sites is 2. The zero-order valence-corrected chi connectivity index (χ0v) is 16.5. The first-order valence-corrected chi connectivity index (χ1v) is 9.95. The molecule has 1 aliphatic rings. The van der Waals surface area contributed by atoms with Gasteiger partial charge >= 0.3 is 0 Å². The number of benzene rings is 2. The molecular weight excluding hydrogens is 387 g/mol. The number of hydrogen-bond acceptors (Lipinski definition) is 4. The molecule has 0 radical (unpaired) electrons. The smallest absolute Gasteiger partial charge is 0.251 e. The molecule has 0 saturated carbocycles. The largest absolute Gasteiger partial charge is 0.378 e. The highest BCUT2D eigenvalue weighted by Gasteiger charge is 2.20. The van der Waals surface area contributed by atoms with E-state index in [1.54, 1.807) is 4.90 Å². The molecule has 3 aromatic rings. The number of hydrogen-bond donors (Lipinski definition) is 1. The van der Waals surface area contributed by atoms with Crippen LogP contribution in [-0.2, 0) is 22.5 Å². The summed E-state index contributed by atoms with van der Waals surface area (Å²) in [7, 11) is 0. The van der Waals surface area contributed by atoms with Gasteiger partial charge in [-0.1, -0.05) is 12.1 Å². The van der Waals surface area contributed by atoms with Crippen LogP contribution < -0.4 is 5.32 Å². The van der Waals surface area contributed by atoms with Crippen LogP contribution in [0.2, 0.25) is 0 Å². The third-order valence-electron chi connectivity index (χ3n) is 5.13. The zero-order chi connectivity index (χ0) is 20.9. The van der Waals surface area contributed by atoms with E-state index in [-0.39, 0.29) is 24.2 Å². The Morgan fingerprint density at radius 1 is 1.07 bits per heavy atom. The Balaban J connectivity index is 1.46. The van der Waals surface area contributed by atoms with E-state index in [0.717, 1.165) is 16.9 Å². The lowest BCUT2D eigenvalue weighted by atomic mass is 10.2. The van der Waals surface area contributed by atoms with Crippen molar-refractivity contribution in [2.45, 2.75) is 13.0 Å². The number of fused-ring (bicyclic) bond motifs is 1. The fourth-order valence-corrected chi connectivity index (χ4v) is 3.53. The Kier molecular flexibility index (Phi) is 6.04. The van der Waals surface area contributed by atoms with E-state index in [2.05, 4.69) is 10.3 Å². The molecule has 0 spiro atoms. The highest BCUT2D eigenvalue weighted by Crippen LogP contribution is 2.17. The van der Waals surface area contributed by atoms with Crippen molar-refractivity contribution in [2.75, 3.05) is 32.8 Å². The fourth-order valence-electron chi connectivity index (χ4n) is 3.53. The van der Waals surface area contributed by atoms with Gasteiger partial charge in [-0.25, -0.2) is 9.37 Å². The summed E-state index contributed by atoms with van der Waals surface area (Å²) >= 11 is 0. The van der Waals surface area contributed by atoms with Gasteiger partial charge in [0.25, 0.3) is 5.91 Å². The van der Waals surface area contributed by atoms with Crippen LogP contribution in [0.4, 0.5) is 4.39 Å². The quantitative estimate of drug-likeness (QED) is 0.675. The van der Waals surface area contributed by atoms with Crippen LogP contribution in [0.15, 0.2) is 48.5 Å². The van der Waals surface area contributed by atoms with Crippen LogP contribution >= 0.6 is 0 Å². The van der Waals surface area contributed by atoms with Crippen molar-refractivity contribution in [1.29, 1.82) is 0 Å². The van der Waals surface area contributed by atoms with Gasteiger partial charge in [0, 0.05) is 31.6 Å². The van der Waals surface area contributed by atoms with Gasteiger partial charge in [0.05, 0.1) is 24.2 Å². The molecule has 8 heteroatoms. The lowest BCUT2D eigenvalue weighted by Crippen LogP contribution is -2.42. The minimum Gasteiger partial charge on any atom is -0.378 e. The molecule has 7 nitrogen and oxygen atoms in total. The third kappa shape index (κ3) is 4.49. The van der Waals surface area contributed by atoms with E-state index in [4.69, 9.17) is 4.74 Å². The number of rotatable bonds is 6. The number of carbonyl (C=O) groups is 2. The van der Waals surface area contributed by atoms with Gasteiger partial charge in [0.15, 0.2) is 0 Å². The summed E-state index contributed by atoms with van der Waals surface area (Å²) < 4.78 is 20.3. The maximum absolute atomic E-state index is 13.0. The van der Waals surface area contributed by atoms with Crippen LogP contribution in [0.1, 0.15) is 16.2 Å². The van der Waals surface area contributed by atoms with Gasteiger partial charge < -0.3 is 19.5 Å². The van der Waals surface area contributed by atoms with Crippen molar-refractivity contribution < 1.29 is 18.7 Å². The highest BCUT2D eigenvalue weighted by molar-refractivity contribution is 5.94. The Labute approximate surface area is 173 Å². The van der Waals surface area contributed by atoms with Crippen LogP contribution in [0.5, 0.6) is 0 Å². The van der Waals surface area contributed by atoms with E-state index < -0.39 is 0 Å². The summed E-state index contributed by atoms with van der Waals surface area (Å²) in [6.07, 6.45) is 0.470. The topological polar surface area (TPSA) is 76.5 Å². The summed E-state index contributed by atoms with van der Waals surface area (Å²) in [6.45, 7) is 2.84. The lowest BCUT2D eigenvalue weighted by Gasteiger charge is -2.27. The van der Waals surface area contributed by atoms with E-state index in [1.165, 1.54) is 24.3 Å². The predicted octanol–water partition coefficient (Wildman–Crippen LogP) is 2.01. The van der Waals surface area contributed by atoms with E-state index in [9.17, 15) is 14.0 Å². The Morgan fingerprint density at radius 3 is 2.57 bits per heavy atom. The standard InChI is InChI=1S/C22H23FN4O3/c23-17-7-5-16(6-8-17)22(29)24-10-9-20-25-18-3-1-2-4-19(18)27(20)15-21(28)26-11-13-30-14-12-26/h1-8H,9-15H2,(H,24,29). The average molecular weight is 410 g/mol. The Hall–Kier alpha value is -3.26. The molecular formula is C22H23FN4O3. The molecule has 0 atom stereocenters. The van der Waals surface area contributed by atoms with Crippen molar-refractivity contribution in [3.63, 3.8) is 0 Å². The maximum Gasteiger partial charge on any atom is 0.251 e. The number of nitrogens with zero attached hydrogens (tertiary/aromatic N) is 3. The van der Waals surface area contributed by atoms with Crippen molar-refractivity contribution in [1.82, 2.24) is 19.8 Å². The van der Waals surface area contributed by atoms with Crippen molar-refractivity contribution >= 4 is 22.8 Å². The van der Waals surface area contributed by atoms with Crippen LogP contribution in [0.25, 0.3) is 11.0 Å². The first kappa shape index (κ1) is 20.0. The van der Waals surface area contributed by atoms with Crippen LogP contribution in [0, 0.1) is 5.82 Å². The maximum atomic E-state index is 13.0.